The van der Waals surface area contributed by atoms with Gasteiger partial charge in [0.05, 0.1) is 13.1 Å². The quantitative estimate of drug-likeness (QED) is 0.207. The molecule has 0 aliphatic rings. The van der Waals surface area contributed by atoms with E-state index in [-0.39, 0.29) is 55.6 Å². The first kappa shape index (κ1) is 30.2. The maximum Gasteiger partial charge on any atom is 0.573 e. The molecule has 0 fully saturated rings. The van der Waals surface area contributed by atoms with Crippen LogP contribution in [-0.2, 0) is 19.6 Å². The number of nitrogens with zero attached hydrogens (tertiary/aromatic N) is 5. The van der Waals surface area contributed by atoms with Crippen LogP contribution in [0.25, 0.3) is 11.2 Å². The molecule has 0 radical (unpaired) electrons. The number of hydrogen-bond donors (Lipinski definition) is 1. The maximum absolute atomic E-state index is 13.7. The van der Waals surface area contributed by atoms with E-state index in [1.165, 1.54) is 51.7 Å². The Morgan fingerprint density at radius 3 is 2.45 bits per heavy atom. The largest absolute Gasteiger partial charge is 0.573 e. The van der Waals surface area contributed by atoms with E-state index in [0.717, 1.165) is 16.7 Å². The highest BCUT2D eigenvalue weighted by Gasteiger charge is 2.31. The van der Waals surface area contributed by atoms with E-state index in [4.69, 9.17) is 4.74 Å². The molecule has 0 atom stereocenters. The van der Waals surface area contributed by atoms with Crippen LogP contribution in [0.15, 0.2) is 74.8 Å². The lowest BCUT2D eigenvalue weighted by Crippen LogP contribution is -2.41. The lowest BCUT2D eigenvalue weighted by molar-refractivity contribution is -0.274. The number of aromatic nitrogens is 4. The van der Waals surface area contributed by atoms with Gasteiger partial charge < -0.3 is 14.6 Å². The van der Waals surface area contributed by atoms with Crippen molar-refractivity contribution in [3.8, 4) is 17.5 Å². The van der Waals surface area contributed by atoms with Gasteiger partial charge in [-0.25, -0.2) is 9.18 Å². The summed E-state index contributed by atoms with van der Waals surface area (Å²) in [5, 5.41) is 9.37. The zero-order valence-electron chi connectivity index (χ0n) is 22.6. The second kappa shape index (κ2) is 12.9. The van der Waals surface area contributed by atoms with Crippen LogP contribution in [0.1, 0.15) is 18.9 Å². The molecule has 0 saturated carbocycles. The third kappa shape index (κ3) is 7.13. The number of allylic oxidation sites excluding steroid dienone is 2. The van der Waals surface area contributed by atoms with E-state index in [2.05, 4.69) is 14.7 Å². The fourth-order valence-corrected chi connectivity index (χ4v) is 4.18. The normalized spacial score (nSPS) is 12.4. The molecule has 4 aromatic rings. The van der Waals surface area contributed by atoms with Crippen molar-refractivity contribution in [2.75, 3.05) is 13.7 Å². The van der Waals surface area contributed by atoms with Gasteiger partial charge in [-0.2, -0.15) is 4.98 Å². The highest BCUT2D eigenvalue weighted by molar-refractivity contribution is 5.73. The molecular weight excluding hydrogens is 562 g/mol. The molecule has 0 bridgehead atoms. The van der Waals surface area contributed by atoms with Crippen molar-refractivity contribution >= 4 is 17.4 Å². The zero-order valence-corrected chi connectivity index (χ0v) is 22.6. The summed E-state index contributed by atoms with van der Waals surface area (Å²) in [6.07, 6.45) is -1.59. The molecule has 0 amide bonds. The molecular formula is C28H27F4N5O5. The fraction of sp³-hybridized carbons (Fsp3) is 0.286. The minimum absolute atomic E-state index is 0.0165. The summed E-state index contributed by atoms with van der Waals surface area (Å²) in [5.41, 5.74) is -0.221. The Labute approximate surface area is 236 Å². The smallest absolute Gasteiger partial charge is 0.425 e. The molecule has 1 N–H and O–H groups in total. The molecule has 0 unspecified atom stereocenters. The second-order valence-electron chi connectivity index (χ2n) is 9.23. The Kier molecular flexibility index (Phi) is 9.25. The van der Waals surface area contributed by atoms with Crippen LogP contribution in [0.3, 0.4) is 0 Å². The summed E-state index contributed by atoms with van der Waals surface area (Å²) in [6, 6.07) is 9.96. The van der Waals surface area contributed by atoms with Crippen molar-refractivity contribution in [2.45, 2.75) is 39.3 Å². The van der Waals surface area contributed by atoms with Crippen molar-refractivity contribution in [3.05, 3.63) is 92.4 Å². The summed E-state index contributed by atoms with van der Waals surface area (Å²) in [7, 11) is 1.58. The molecule has 14 heteroatoms. The SMILES string of the molecule is C/N=C\C=C(/C)Cn1c(=O)n(CCCO)c(=O)c2c1nc(Oc1cccc(OC(F)(F)F)c1)n2Cc1ccc(F)cc1. The van der Waals surface area contributed by atoms with Gasteiger partial charge in [0.15, 0.2) is 11.2 Å². The van der Waals surface area contributed by atoms with Crippen molar-refractivity contribution < 1.29 is 32.1 Å². The molecule has 10 nitrogen and oxygen atoms in total. The number of imidazole rings is 1. The molecule has 222 valence electrons. The molecule has 2 aromatic heterocycles. The maximum atomic E-state index is 13.7. The number of aliphatic hydroxyl groups is 1. The Morgan fingerprint density at radius 1 is 1.07 bits per heavy atom. The van der Waals surface area contributed by atoms with Gasteiger partial charge in [-0.15, -0.1) is 13.2 Å². The summed E-state index contributed by atoms with van der Waals surface area (Å²) in [4.78, 5) is 35.6. The third-order valence-electron chi connectivity index (χ3n) is 6.04. The van der Waals surface area contributed by atoms with E-state index in [1.807, 2.05) is 0 Å². The highest BCUT2D eigenvalue weighted by atomic mass is 19.4. The van der Waals surface area contributed by atoms with Gasteiger partial charge in [0.1, 0.15) is 17.3 Å². The summed E-state index contributed by atoms with van der Waals surface area (Å²) < 4.78 is 65.5. The standard InChI is InChI=1S/C28H27F4N5O5/c1-18(11-12-33-2)16-37-24-23(25(39)35(27(37)40)13-4-14-38)36(17-19-7-9-20(29)10-8-19)26(34-24)41-21-5-3-6-22(15-21)42-28(30,31)32/h3,5-12,15,38H,4,13-14,16-17H2,1-2H3/b18-11+,33-12-. The summed E-state index contributed by atoms with van der Waals surface area (Å²) in [5.74, 6) is -1.11. The number of aliphatic hydroxyl groups excluding tert-OH is 1. The second-order valence-corrected chi connectivity index (χ2v) is 9.23. The first-order valence-electron chi connectivity index (χ1n) is 12.7. The number of fused-ring (bicyclic) bond motifs is 1. The Bertz CT molecular complexity index is 1740. The van der Waals surface area contributed by atoms with Gasteiger partial charge >= 0.3 is 18.1 Å². The van der Waals surface area contributed by atoms with E-state index >= 15 is 0 Å². The Morgan fingerprint density at radius 2 is 1.79 bits per heavy atom. The molecule has 0 spiro atoms. The molecule has 4 rings (SSSR count). The van der Waals surface area contributed by atoms with Gasteiger partial charge in [0.2, 0.25) is 0 Å². The summed E-state index contributed by atoms with van der Waals surface area (Å²) in [6.45, 7) is 1.36. The van der Waals surface area contributed by atoms with Crippen LogP contribution < -0.4 is 20.7 Å². The topological polar surface area (TPSA) is 113 Å². The molecule has 0 aliphatic heterocycles. The van der Waals surface area contributed by atoms with Crippen LogP contribution in [0.4, 0.5) is 17.6 Å². The van der Waals surface area contributed by atoms with Crippen LogP contribution in [0.2, 0.25) is 0 Å². The predicted octanol–water partition coefficient (Wildman–Crippen LogP) is 4.27. The first-order valence-corrected chi connectivity index (χ1v) is 12.7. The number of alkyl halides is 3. The van der Waals surface area contributed by atoms with E-state index in [1.54, 1.807) is 20.0 Å². The lowest BCUT2D eigenvalue weighted by atomic mass is 10.2. The Hall–Kier alpha value is -4.72. The minimum atomic E-state index is -4.93. The number of hydrogen-bond acceptors (Lipinski definition) is 7. The van der Waals surface area contributed by atoms with Gasteiger partial charge in [-0.3, -0.25) is 23.5 Å². The van der Waals surface area contributed by atoms with E-state index in [0.29, 0.717) is 11.1 Å². The van der Waals surface area contributed by atoms with Crippen molar-refractivity contribution in [1.29, 1.82) is 0 Å². The minimum Gasteiger partial charge on any atom is -0.425 e. The van der Waals surface area contributed by atoms with E-state index < -0.39 is 29.2 Å². The van der Waals surface area contributed by atoms with Crippen LogP contribution >= 0.6 is 0 Å². The third-order valence-corrected chi connectivity index (χ3v) is 6.04. The average Bonchev–Trinajstić information content (AvgIpc) is 3.27. The van der Waals surface area contributed by atoms with Gasteiger partial charge in [0, 0.05) is 32.5 Å². The molecule has 0 saturated heterocycles. The lowest BCUT2D eigenvalue weighted by Gasteiger charge is -2.13. The average molecular weight is 590 g/mol. The van der Waals surface area contributed by atoms with Crippen LogP contribution in [0, 0.1) is 5.82 Å². The van der Waals surface area contributed by atoms with Gasteiger partial charge in [-0.05, 0) is 49.2 Å². The molecule has 2 aromatic carbocycles. The molecule has 0 aliphatic carbocycles. The number of benzene rings is 2. The number of halogens is 4. The summed E-state index contributed by atoms with van der Waals surface area (Å²) >= 11 is 0. The zero-order chi connectivity index (χ0) is 30.4. The molecule has 42 heavy (non-hydrogen) atoms. The monoisotopic (exact) mass is 589 g/mol. The number of rotatable bonds is 11. The fourth-order valence-electron chi connectivity index (χ4n) is 4.18. The molecule has 2 heterocycles. The predicted molar refractivity (Wildman–Crippen MR) is 147 cm³/mol. The highest BCUT2D eigenvalue weighted by Crippen LogP contribution is 2.30. The Balaban J connectivity index is 1.95. The number of aliphatic imine (C=N–C) groups is 1. The van der Waals surface area contributed by atoms with Crippen molar-refractivity contribution in [1.82, 2.24) is 18.7 Å². The first-order chi connectivity index (χ1) is 20.0. The van der Waals surface area contributed by atoms with Crippen LogP contribution in [-0.4, -0.2) is 50.0 Å². The van der Waals surface area contributed by atoms with E-state index in [9.17, 15) is 32.3 Å². The van der Waals surface area contributed by atoms with Crippen LogP contribution in [0.5, 0.6) is 17.5 Å². The van der Waals surface area contributed by atoms with Gasteiger partial charge in [-0.1, -0.05) is 23.8 Å². The number of ether oxygens (including phenoxy) is 2. The van der Waals surface area contributed by atoms with Crippen molar-refractivity contribution in [2.24, 2.45) is 4.99 Å². The van der Waals surface area contributed by atoms with Crippen molar-refractivity contribution in [3.63, 3.8) is 0 Å². The van der Waals surface area contributed by atoms with Gasteiger partial charge in [0.25, 0.3) is 5.56 Å².